The Bertz CT molecular complexity index is 471. The number of nitrogens with zero attached hydrogens (tertiary/aromatic N) is 1. The number of halogens is 1. The third kappa shape index (κ3) is 3.56. The van der Waals surface area contributed by atoms with E-state index in [1.54, 1.807) is 0 Å². The van der Waals surface area contributed by atoms with Crippen LogP contribution in [0.3, 0.4) is 0 Å². The highest BCUT2D eigenvalue weighted by Gasteiger charge is 2.59. The molecule has 1 saturated heterocycles. The van der Waals surface area contributed by atoms with Gasteiger partial charge in [0.15, 0.2) is 5.96 Å². The number of hydrogen-bond donors (Lipinski definition) is 3. The van der Waals surface area contributed by atoms with Crippen LogP contribution >= 0.6 is 24.0 Å². The summed E-state index contributed by atoms with van der Waals surface area (Å²) in [6.07, 6.45) is 5.65. The van der Waals surface area contributed by atoms with Gasteiger partial charge in [-0.25, -0.2) is 0 Å². The molecule has 0 aromatic carbocycles. The summed E-state index contributed by atoms with van der Waals surface area (Å²) in [5.41, 5.74) is 0.0943. The highest BCUT2D eigenvalue weighted by atomic mass is 127. The predicted molar refractivity (Wildman–Crippen MR) is 108 cm³/mol. The minimum atomic E-state index is -0.213. The Morgan fingerprint density at radius 3 is 2.67 bits per heavy atom. The molecule has 3 aliphatic rings. The van der Waals surface area contributed by atoms with Crippen molar-refractivity contribution in [1.29, 1.82) is 0 Å². The van der Waals surface area contributed by atoms with Crippen LogP contribution in [0.5, 0.6) is 0 Å². The SMILES string of the molecule is CN=C(NCC1(C)CCCCC1O)NC1C2CCOC2C1(C)C.I. The van der Waals surface area contributed by atoms with E-state index in [1.807, 2.05) is 7.05 Å². The second kappa shape index (κ2) is 7.66. The molecule has 3 fully saturated rings. The lowest BCUT2D eigenvalue weighted by molar-refractivity contribution is -0.106. The minimum Gasteiger partial charge on any atom is -0.392 e. The van der Waals surface area contributed by atoms with Crippen molar-refractivity contribution < 1.29 is 9.84 Å². The smallest absolute Gasteiger partial charge is 0.191 e. The quantitative estimate of drug-likeness (QED) is 0.351. The Balaban J connectivity index is 0.00000208. The number of aliphatic hydroxyl groups is 1. The van der Waals surface area contributed by atoms with E-state index in [1.165, 1.54) is 6.42 Å². The normalized spacial score (nSPS) is 41.0. The van der Waals surface area contributed by atoms with Gasteiger partial charge in [0.25, 0.3) is 0 Å². The van der Waals surface area contributed by atoms with Crippen LogP contribution in [0.15, 0.2) is 4.99 Å². The Labute approximate surface area is 163 Å². The number of rotatable bonds is 3. The van der Waals surface area contributed by atoms with Crippen molar-refractivity contribution in [3.63, 3.8) is 0 Å². The first-order valence-electron chi connectivity index (χ1n) is 9.15. The molecule has 1 aliphatic heterocycles. The molecule has 0 aromatic rings. The Morgan fingerprint density at radius 1 is 1.25 bits per heavy atom. The monoisotopic (exact) mass is 451 g/mol. The number of ether oxygens (including phenoxy) is 1. The van der Waals surface area contributed by atoms with Gasteiger partial charge in [-0.05, 0) is 19.3 Å². The number of aliphatic hydroxyl groups excluding tert-OH is 1. The van der Waals surface area contributed by atoms with Gasteiger partial charge >= 0.3 is 0 Å². The molecular formula is C18H34IN3O2. The van der Waals surface area contributed by atoms with E-state index < -0.39 is 0 Å². The van der Waals surface area contributed by atoms with Gasteiger partial charge in [0.2, 0.25) is 0 Å². The van der Waals surface area contributed by atoms with E-state index in [0.717, 1.165) is 44.8 Å². The van der Waals surface area contributed by atoms with Crippen LogP contribution in [-0.4, -0.2) is 49.5 Å². The summed E-state index contributed by atoms with van der Waals surface area (Å²) < 4.78 is 5.86. The summed E-state index contributed by atoms with van der Waals surface area (Å²) in [6.45, 7) is 8.39. The second-order valence-corrected chi connectivity index (χ2v) is 8.53. The van der Waals surface area contributed by atoms with Crippen molar-refractivity contribution in [2.45, 2.75) is 71.1 Å². The summed E-state index contributed by atoms with van der Waals surface area (Å²) in [4.78, 5) is 4.40. The lowest BCUT2D eigenvalue weighted by Crippen LogP contribution is -2.68. The summed E-state index contributed by atoms with van der Waals surface area (Å²) in [7, 11) is 1.82. The first-order chi connectivity index (χ1) is 10.9. The van der Waals surface area contributed by atoms with E-state index in [0.29, 0.717) is 18.1 Å². The van der Waals surface area contributed by atoms with Crippen LogP contribution in [-0.2, 0) is 4.74 Å². The fraction of sp³-hybridized carbons (Fsp3) is 0.944. The molecule has 0 aromatic heterocycles. The van der Waals surface area contributed by atoms with Gasteiger partial charge in [-0.1, -0.05) is 33.6 Å². The van der Waals surface area contributed by atoms with Crippen molar-refractivity contribution in [2.75, 3.05) is 20.2 Å². The van der Waals surface area contributed by atoms with Crippen LogP contribution in [0.25, 0.3) is 0 Å². The Kier molecular flexibility index (Phi) is 6.46. The lowest BCUT2D eigenvalue weighted by Gasteiger charge is -2.55. The number of aliphatic imine (C=N–C) groups is 1. The number of nitrogens with one attached hydrogen (secondary N) is 2. The molecule has 140 valence electrons. The standard InChI is InChI=1S/C18H33N3O2.HI/c1-17(2)14(12-8-10-23-15(12)17)21-16(19-4)20-11-18(3)9-6-5-7-13(18)22;/h12-15,22H,5-11H2,1-4H3,(H2,19,20,21);1H. The highest BCUT2D eigenvalue weighted by molar-refractivity contribution is 14.0. The van der Waals surface area contributed by atoms with Crippen LogP contribution in [0, 0.1) is 16.7 Å². The molecule has 3 rings (SSSR count). The summed E-state index contributed by atoms with van der Waals surface area (Å²) in [5, 5.41) is 17.4. The van der Waals surface area contributed by atoms with Gasteiger partial charge in [0, 0.05) is 43.0 Å². The van der Waals surface area contributed by atoms with Crippen molar-refractivity contribution >= 4 is 29.9 Å². The molecule has 3 N–H and O–H groups in total. The van der Waals surface area contributed by atoms with Crippen molar-refractivity contribution in [3.8, 4) is 0 Å². The van der Waals surface area contributed by atoms with E-state index in [9.17, 15) is 5.11 Å². The highest BCUT2D eigenvalue weighted by Crippen LogP contribution is 2.52. The average molecular weight is 451 g/mol. The van der Waals surface area contributed by atoms with Gasteiger partial charge in [0.1, 0.15) is 0 Å². The van der Waals surface area contributed by atoms with Crippen LogP contribution < -0.4 is 10.6 Å². The van der Waals surface area contributed by atoms with Crippen LogP contribution in [0.4, 0.5) is 0 Å². The maximum absolute atomic E-state index is 10.3. The largest absolute Gasteiger partial charge is 0.392 e. The predicted octanol–water partition coefficient (Wildman–Crippen LogP) is 2.52. The summed E-state index contributed by atoms with van der Waals surface area (Å²) >= 11 is 0. The van der Waals surface area contributed by atoms with Gasteiger partial charge < -0.3 is 20.5 Å². The Morgan fingerprint density at radius 2 is 2.00 bits per heavy atom. The Hall–Kier alpha value is -0.0800. The topological polar surface area (TPSA) is 65.9 Å². The minimum absolute atomic E-state index is 0. The van der Waals surface area contributed by atoms with Crippen molar-refractivity contribution in [1.82, 2.24) is 10.6 Å². The van der Waals surface area contributed by atoms with E-state index in [4.69, 9.17) is 4.74 Å². The van der Waals surface area contributed by atoms with Gasteiger partial charge in [-0.3, -0.25) is 4.99 Å². The average Bonchev–Trinajstić information content (AvgIpc) is 2.97. The molecule has 6 heteroatoms. The van der Waals surface area contributed by atoms with Gasteiger partial charge in [0.05, 0.1) is 12.2 Å². The molecule has 0 amide bonds. The molecule has 2 saturated carbocycles. The number of guanidine groups is 1. The molecule has 5 nitrogen and oxygen atoms in total. The molecule has 24 heavy (non-hydrogen) atoms. The van der Waals surface area contributed by atoms with Crippen LogP contribution in [0.1, 0.15) is 52.9 Å². The number of hydrogen-bond acceptors (Lipinski definition) is 3. The van der Waals surface area contributed by atoms with E-state index >= 15 is 0 Å². The zero-order valence-electron chi connectivity index (χ0n) is 15.5. The van der Waals surface area contributed by atoms with Crippen molar-refractivity contribution in [2.24, 2.45) is 21.7 Å². The third-order valence-corrected chi connectivity index (χ3v) is 6.56. The van der Waals surface area contributed by atoms with Gasteiger partial charge in [-0.15, -0.1) is 24.0 Å². The maximum Gasteiger partial charge on any atom is 0.191 e. The second-order valence-electron chi connectivity index (χ2n) is 8.53. The molecule has 0 radical (unpaired) electrons. The fourth-order valence-electron chi connectivity index (χ4n) is 4.83. The molecule has 1 heterocycles. The third-order valence-electron chi connectivity index (χ3n) is 6.56. The summed E-state index contributed by atoms with van der Waals surface area (Å²) in [5.74, 6) is 1.45. The molecule has 0 bridgehead atoms. The lowest BCUT2D eigenvalue weighted by atomic mass is 9.57. The number of fused-ring (bicyclic) bond motifs is 1. The first kappa shape index (κ1) is 20.2. The first-order valence-corrected chi connectivity index (χ1v) is 9.15. The molecular weight excluding hydrogens is 417 g/mol. The van der Waals surface area contributed by atoms with Gasteiger partial charge in [-0.2, -0.15) is 0 Å². The zero-order valence-corrected chi connectivity index (χ0v) is 17.8. The van der Waals surface area contributed by atoms with Crippen LogP contribution in [0.2, 0.25) is 0 Å². The molecule has 5 atom stereocenters. The zero-order chi connectivity index (χ0) is 16.7. The molecule has 0 spiro atoms. The fourth-order valence-corrected chi connectivity index (χ4v) is 4.83. The van der Waals surface area contributed by atoms with E-state index in [2.05, 4.69) is 36.4 Å². The summed E-state index contributed by atoms with van der Waals surface area (Å²) in [6, 6.07) is 0.408. The maximum atomic E-state index is 10.3. The molecule has 2 aliphatic carbocycles. The molecule has 5 unspecified atom stereocenters. The van der Waals surface area contributed by atoms with E-state index in [-0.39, 0.29) is 40.9 Å². The van der Waals surface area contributed by atoms with Crippen molar-refractivity contribution in [3.05, 3.63) is 0 Å².